The smallest absolute Gasteiger partial charge is 0.231 e. The number of hydrogen-bond acceptors (Lipinski definition) is 6. The Morgan fingerprint density at radius 2 is 1.85 bits per heavy atom. The number of sulfone groups is 1. The third-order valence-corrected chi connectivity index (χ3v) is 7.61. The summed E-state index contributed by atoms with van der Waals surface area (Å²) < 4.78 is 43.0. The molecule has 3 atom stereocenters. The van der Waals surface area contributed by atoms with Gasteiger partial charge in [-0.3, -0.25) is 0 Å². The molecule has 2 aromatic rings. The fourth-order valence-electron chi connectivity index (χ4n) is 3.81. The average Bonchev–Trinajstić information content (AvgIpc) is 3.03. The largest absolute Gasteiger partial charge is 0.454 e. The van der Waals surface area contributed by atoms with E-state index in [-0.39, 0.29) is 24.2 Å². The molecule has 1 saturated carbocycles. The minimum Gasteiger partial charge on any atom is -0.454 e. The van der Waals surface area contributed by atoms with Crippen molar-refractivity contribution in [2.75, 3.05) is 20.0 Å². The Morgan fingerprint density at radius 3 is 2.56 bits per heavy atom. The summed E-state index contributed by atoms with van der Waals surface area (Å²) in [6.45, 7) is 4.61. The molecule has 0 bridgehead atoms. The molecule has 3 unspecified atom stereocenters. The predicted octanol–water partition coefficient (Wildman–Crippen LogP) is 2.40. The van der Waals surface area contributed by atoms with E-state index in [1.54, 1.807) is 30.3 Å². The van der Waals surface area contributed by atoms with Gasteiger partial charge in [0.2, 0.25) is 6.79 Å². The van der Waals surface area contributed by atoms with Gasteiger partial charge in [0.15, 0.2) is 21.3 Å². The number of fused-ring (bicyclic) bond motifs is 1. The van der Waals surface area contributed by atoms with Gasteiger partial charge in [-0.1, -0.05) is 23.8 Å². The fraction of sp³-hybridized carbons (Fsp3) is 0.400. The van der Waals surface area contributed by atoms with E-state index in [0.717, 1.165) is 11.1 Å². The van der Waals surface area contributed by atoms with Crippen molar-refractivity contribution >= 4 is 9.84 Å². The summed E-state index contributed by atoms with van der Waals surface area (Å²) in [6.07, 6.45) is 0. The highest BCUT2D eigenvalue weighted by atomic mass is 32.2. The van der Waals surface area contributed by atoms with Crippen LogP contribution in [0.2, 0.25) is 0 Å². The van der Waals surface area contributed by atoms with Crippen molar-refractivity contribution in [2.45, 2.75) is 35.4 Å². The zero-order valence-corrected chi connectivity index (χ0v) is 16.2. The van der Waals surface area contributed by atoms with Gasteiger partial charge in [-0.15, -0.1) is 0 Å². The lowest BCUT2D eigenvalue weighted by molar-refractivity contribution is 0.125. The summed E-state index contributed by atoms with van der Waals surface area (Å²) in [5, 5.41) is -0.750. The second kappa shape index (κ2) is 6.51. The maximum Gasteiger partial charge on any atom is 0.231 e. The van der Waals surface area contributed by atoms with Crippen LogP contribution < -0.4 is 15.2 Å². The second-order valence-electron chi connectivity index (χ2n) is 7.12. The Morgan fingerprint density at radius 1 is 1.15 bits per heavy atom. The van der Waals surface area contributed by atoms with Crippen LogP contribution in [0.5, 0.6) is 11.5 Å². The summed E-state index contributed by atoms with van der Waals surface area (Å²) in [7, 11) is -3.61. The standard InChI is InChI=1S/C20H23NO5S/c1-3-24-11-20(21)18(14-6-9-16-17(10-14)26-12-25-16)19(20)27(22,23)15-7-4-13(2)5-8-15/h4-10,18-19H,3,11-12,21H2,1-2H3. The van der Waals surface area contributed by atoms with Gasteiger partial charge in [0.25, 0.3) is 0 Å². The van der Waals surface area contributed by atoms with Crippen molar-refractivity contribution in [1.82, 2.24) is 0 Å². The molecule has 1 aliphatic carbocycles. The number of rotatable bonds is 6. The summed E-state index contributed by atoms with van der Waals surface area (Å²) in [5.74, 6) is 0.902. The predicted molar refractivity (Wildman–Crippen MR) is 101 cm³/mol. The molecule has 144 valence electrons. The zero-order chi connectivity index (χ0) is 19.2. The van der Waals surface area contributed by atoms with Gasteiger partial charge in [0.05, 0.1) is 22.3 Å². The van der Waals surface area contributed by atoms with Crippen LogP contribution in [0.3, 0.4) is 0 Å². The van der Waals surface area contributed by atoms with Crippen molar-refractivity contribution in [3.63, 3.8) is 0 Å². The maximum absolute atomic E-state index is 13.3. The maximum atomic E-state index is 13.3. The van der Waals surface area contributed by atoms with Crippen LogP contribution in [-0.4, -0.2) is 39.2 Å². The Hall–Kier alpha value is -2.09. The second-order valence-corrected chi connectivity index (χ2v) is 9.19. The minimum absolute atomic E-state index is 0.168. The van der Waals surface area contributed by atoms with Gasteiger partial charge in [-0.2, -0.15) is 0 Å². The zero-order valence-electron chi connectivity index (χ0n) is 15.3. The molecule has 0 radical (unpaired) electrons. The number of hydrogen-bond donors (Lipinski definition) is 1. The lowest BCUT2D eigenvalue weighted by atomic mass is 10.1. The van der Waals surface area contributed by atoms with E-state index in [9.17, 15) is 8.42 Å². The van der Waals surface area contributed by atoms with Crippen molar-refractivity contribution < 1.29 is 22.6 Å². The first-order valence-electron chi connectivity index (χ1n) is 8.94. The number of aryl methyl sites for hydroxylation is 1. The normalized spacial score (nSPS) is 26.2. The van der Waals surface area contributed by atoms with Gasteiger partial charge in [0, 0.05) is 12.5 Å². The summed E-state index contributed by atoms with van der Waals surface area (Å²) in [4.78, 5) is 0.285. The first-order chi connectivity index (χ1) is 12.9. The third kappa shape index (κ3) is 2.99. The van der Waals surface area contributed by atoms with E-state index in [4.69, 9.17) is 19.9 Å². The molecule has 27 heavy (non-hydrogen) atoms. The van der Waals surface area contributed by atoms with Gasteiger partial charge >= 0.3 is 0 Å². The molecular weight excluding hydrogens is 366 g/mol. The number of benzene rings is 2. The summed E-state index contributed by atoms with van der Waals surface area (Å²) in [6, 6.07) is 12.4. The molecule has 4 rings (SSSR count). The first-order valence-corrected chi connectivity index (χ1v) is 10.5. The molecule has 0 aromatic heterocycles. The first kappa shape index (κ1) is 18.3. The van der Waals surface area contributed by atoms with E-state index >= 15 is 0 Å². The van der Waals surface area contributed by atoms with Crippen molar-refractivity contribution in [1.29, 1.82) is 0 Å². The Bertz CT molecular complexity index is 957. The van der Waals surface area contributed by atoms with Crippen LogP contribution in [0, 0.1) is 6.92 Å². The van der Waals surface area contributed by atoms with Crippen molar-refractivity contribution in [2.24, 2.45) is 5.73 Å². The van der Waals surface area contributed by atoms with Crippen LogP contribution in [0.25, 0.3) is 0 Å². The van der Waals surface area contributed by atoms with Crippen LogP contribution in [0.4, 0.5) is 0 Å². The summed E-state index contributed by atoms with van der Waals surface area (Å²) in [5.41, 5.74) is 7.42. The number of nitrogens with two attached hydrogens (primary N) is 1. The van der Waals surface area contributed by atoms with E-state index in [1.807, 2.05) is 26.0 Å². The SMILES string of the molecule is CCOCC1(N)C(c2ccc3c(c2)OCO3)C1S(=O)(=O)c1ccc(C)cc1. The molecule has 6 nitrogen and oxygen atoms in total. The Labute approximate surface area is 159 Å². The topological polar surface area (TPSA) is 87.8 Å². The van der Waals surface area contributed by atoms with Crippen molar-refractivity contribution in [3.05, 3.63) is 53.6 Å². The highest BCUT2D eigenvalue weighted by Crippen LogP contribution is 2.56. The molecule has 1 fully saturated rings. The molecule has 0 spiro atoms. The molecule has 2 N–H and O–H groups in total. The van der Waals surface area contributed by atoms with Gasteiger partial charge in [-0.05, 0) is 43.7 Å². The highest BCUT2D eigenvalue weighted by molar-refractivity contribution is 7.92. The van der Waals surface area contributed by atoms with Crippen LogP contribution in [0.1, 0.15) is 24.0 Å². The lowest BCUT2D eigenvalue weighted by Crippen LogP contribution is -2.36. The van der Waals surface area contributed by atoms with Crippen LogP contribution >= 0.6 is 0 Å². The fourth-order valence-corrected chi connectivity index (χ4v) is 6.10. The third-order valence-electron chi connectivity index (χ3n) is 5.30. The van der Waals surface area contributed by atoms with Crippen LogP contribution in [-0.2, 0) is 14.6 Å². The summed E-state index contributed by atoms with van der Waals surface area (Å²) >= 11 is 0. The van der Waals surface area contributed by atoms with E-state index < -0.39 is 20.6 Å². The molecule has 0 saturated heterocycles. The molecule has 2 aromatic carbocycles. The molecular formula is C20H23NO5S. The van der Waals surface area contributed by atoms with Gasteiger partial charge in [-0.25, -0.2) is 8.42 Å². The molecule has 7 heteroatoms. The molecule has 2 aliphatic rings. The molecule has 1 heterocycles. The minimum atomic E-state index is -3.61. The van der Waals surface area contributed by atoms with Crippen molar-refractivity contribution in [3.8, 4) is 11.5 Å². The van der Waals surface area contributed by atoms with E-state index in [2.05, 4.69) is 0 Å². The molecule has 1 aliphatic heterocycles. The van der Waals surface area contributed by atoms with E-state index in [0.29, 0.717) is 18.1 Å². The van der Waals surface area contributed by atoms with Gasteiger partial charge in [0.1, 0.15) is 0 Å². The van der Waals surface area contributed by atoms with E-state index in [1.165, 1.54) is 0 Å². The average molecular weight is 389 g/mol. The Kier molecular flexibility index (Phi) is 4.41. The highest BCUT2D eigenvalue weighted by Gasteiger charge is 2.69. The monoisotopic (exact) mass is 389 g/mol. The van der Waals surface area contributed by atoms with Crippen LogP contribution in [0.15, 0.2) is 47.4 Å². The molecule has 0 amide bonds. The Balaban J connectivity index is 1.72. The quantitative estimate of drug-likeness (QED) is 0.816. The van der Waals surface area contributed by atoms with Gasteiger partial charge < -0.3 is 19.9 Å². The number of ether oxygens (including phenoxy) is 3. The lowest BCUT2D eigenvalue weighted by Gasteiger charge is -2.12.